The molecule has 0 spiro atoms. The zero-order valence-corrected chi connectivity index (χ0v) is 12.6. The van der Waals surface area contributed by atoms with Crippen LogP contribution in [0, 0.1) is 0 Å². The van der Waals surface area contributed by atoms with Gasteiger partial charge in [0.25, 0.3) is 0 Å². The van der Waals surface area contributed by atoms with Gasteiger partial charge in [0.05, 0.1) is 5.69 Å². The highest BCUT2D eigenvalue weighted by molar-refractivity contribution is 5.21. The molecule has 2 rings (SSSR count). The summed E-state index contributed by atoms with van der Waals surface area (Å²) in [7, 11) is 1.92. The molecule has 1 aromatic carbocycles. The van der Waals surface area contributed by atoms with Crippen LogP contribution in [-0.4, -0.2) is 34.1 Å². The predicted molar refractivity (Wildman–Crippen MR) is 82.2 cm³/mol. The summed E-state index contributed by atoms with van der Waals surface area (Å²) in [5.41, 5.74) is 2.27. The summed E-state index contributed by atoms with van der Waals surface area (Å²) in [5, 5.41) is 17.5. The molecular weight excluding hydrogens is 266 g/mol. The minimum atomic E-state index is -0.535. The maximum Gasteiger partial charge on any atom is 0.119 e. The zero-order chi connectivity index (χ0) is 15.1. The van der Waals surface area contributed by atoms with E-state index in [0.29, 0.717) is 13.1 Å². The lowest BCUT2D eigenvalue weighted by atomic mass is 10.2. The molecular formula is C16H23N3O2. The number of hydrogen-bond acceptors (Lipinski definition) is 4. The van der Waals surface area contributed by atoms with Crippen LogP contribution in [0.15, 0.2) is 36.5 Å². The molecule has 114 valence electrons. The van der Waals surface area contributed by atoms with Gasteiger partial charge in [0, 0.05) is 31.9 Å². The zero-order valence-electron chi connectivity index (χ0n) is 12.6. The highest BCUT2D eigenvalue weighted by atomic mass is 16.5. The number of para-hydroxylation sites is 1. The van der Waals surface area contributed by atoms with Crippen LogP contribution < -0.4 is 10.1 Å². The number of aromatic nitrogens is 2. The SMILES string of the molecule is CCc1nn(C)cc1CNCC(O)COc1ccccc1. The molecule has 5 heteroatoms. The Kier molecular flexibility index (Phi) is 5.78. The van der Waals surface area contributed by atoms with Crippen molar-refractivity contribution in [1.82, 2.24) is 15.1 Å². The first kappa shape index (κ1) is 15.5. The van der Waals surface area contributed by atoms with Crippen LogP contribution in [0.25, 0.3) is 0 Å². The minimum absolute atomic E-state index is 0.282. The first-order chi connectivity index (χ1) is 10.2. The van der Waals surface area contributed by atoms with Gasteiger partial charge in [-0.1, -0.05) is 25.1 Å². The Hall–Kier alpha value is -1.85. The van der Waals surface area contributed by atoms with Crippen LogP contribution in [0.2, 0.25) is 0 Å². The molecule has 0 aliphatic rings. The molecule has 0 saturated heterocycles. The van der Waals surface area contributed by atoms with E-state index in [1.165, 1.54) is 5.56 Å². The normalized spacial score (nSPS) is 12.3. The van der Waals surface area contributed by atoms with Crippen molar-refractivity contribution in [2.45, 2.75) is 26.0 Å². The van der Waals surface area contributed by atoms with Crippen LogP contribution in [0.3, 0.4) is 0 Å². The standard InChI is InChI=1S/C16H23N3O2/c1-3-16-13(11-19(2)18-16)9-17-10-14(20)12-21-15-7-5-4-6-8-15/h4-8,11,14,17,20H,3,9-10,12H2,1-2H3. The molecule has 0 saturated carbocycles. The number of nitrogens with one attached hydrogen (secondary N) is 1. The molecule has 0 fully saturated rings. The number of nitrogens with zero attached hydrogens (tertiary/aromatic N) is 2. The fourth-order valence-corrected chi connectivity index (χ4v) is 2.17. The topological polar surface area (TPSA) is 59.3 Å². The van der Waals surface area contributed by atoms with Crippen LogP contribution in [0.4, 0.5) is 0 Å². The van der Waals surface area contributed by atoms with Gasteiger partial charge < -0.3 is 15.2 Å². The highest BCUT2D eigenvalue weighted by Gasteiger charge is 2.08. The number of hydrogen-bond donors (Lipinski definition) is 2. The highest BCUT2D eigenvalue weighted by Crippen LogP contribution is 2.09. The second-order valence-electron chi connectivity index (χ2n) is 5.04. The Labute approximate surface area is 125 Å². The lowest BCUT2D eigenvalue weighted by molar-refractivity contribution is 0.106. The minimum Gasteiger partial charge on any atom is -0.491 e. The van der Waals surface area contributed by atoms with E-state index >= 15 is 0 Å². The fourth-order valence-electron chi connectivity index (χ4n) is 2.17. The summed E-state index contributed by atoms with van der Waals surface area (Å²) in [4.78, 5) is 0. The van der Waals surface area contributed by atoms with Crippen molar-refractivity contribution in [3.8, 4) is 5.75 Å². The molecule has 1 unspecified atom stereocenters. The maximum absolute atomic E-state index is 9.91. The molecule has 0 radical (unpaired) electrons. The number of aliphatic hydroxyl groups excluding tert-OH is 1. The Morgan fingerprint density at radius 2 is 2.10 bits per heavy atom. The van der Waals surface area contributed by atoms with Gasteiger partial charge in [0.2, 0.25) is 0 Å². The van der Waals surface area contributed by atoms with Crippen molar-refractivity contribution in [3.63, 3.8) is 0 Å². The van der Waals surface area contributed by atoms with Gasteiger partial charge in [-0.15, -0.1) is 0 Å². The molecule has 0 bridgehead atoms. The largest absolute Gasteiger partial charge is 0.491 e. The molecule has 0 aliphatic carbocycles. The van der Waals surface area contributed by atoms with Crippen molar-refractivity contribution in [2.75, 3.05) is 13.2 Å². The molecule has 0 aliphatic heterocycles. The van der Waals surface area contributed by atoms with E-state index in [1.54, 1.807) is 0 Å². The molecule has 1 aromatic heterocycles. The first-order valence-electron chi connectivity index (χ1n) is 7.27. The molecule has 1 heterocycles. The number of benzene rings is 1. The lowest BCUT2D eigenvalue weighted by Crippen LogP contribution is -2.31. The second-order valence-corrected chi connectivity index (χ2v) is 5.04. The van der Waals surface area contributed by atoms with E-state index in [9.17, 15) is 5.11 Å². The van der Waals surface area contributed by atoms with Gasteiger partial charge in [-0.3, -0.25) is 4.68 Å². The van der Waals surface area contributed by atoms with Gasteiger partial charge in [0.15, 0.2) is 0 Å². The maximum atomic E-state index is 9.91. The number of rotatable bonds is 8. The predicted octanol–water partition coefficient (Wildman–Crippen LogP) is 1.51. The molecule has 2 N–H and O–H groups in total. The number of ether oxygens (including phenoxy) is 1. The van der Waals surface area contributed by atoms with Gasteiger partial charge in [-0.2, -0.15) is 5.10 Å². The number of aliphatic hydroxyl groups is 1. The number of aryl methyl sites for hydroxylation is 2. The van der Waals surface area contributed by atoms with Crippen LogP contribution in [0.1, 0.15) is 18.2 Å². The Morgan fingerprint density at radius 1 is 1.33 bits per heavy atom. The van der Waals surface area contributed by atoms with Crippen molar-refractivity contribution in [3.05, 3.63) is 47.8 Å². The van der Waals surface area contributed by atoms with Gasteiger partial charge >= 0.3 is 0 Å². The van der Waals surface area contributed by atoms with E-state index in [0.717, 1.165) is 17.9 Å². The summed E-state index contributed by atoms with van der Waals surface area (Å²) in [6.45, 7) is 3.57. The average Bonchev–Trinajstić information content (AvgIpc) is 2.86. The van der Waals surface area contributed by atoms with Crippen molar-refractivity contribution < 1.29 is 9.84 Å². The third-order valence-electron chi connectivity index (χ3n) is 3.21. The summed E-state index contributed by atoms with van der Waals surface area (Å²) in [5.74, 6) is 0.775. The molecule has 1 atom stereocenters. The molecule has 2 aromatic rings. The van der Waals surface area contributed by atoms with E-state index in [2.05, 4.69) is 17.3 Å². The van der Waals surface area contributed by atoms with E-state index in [-0.39, 0.29) is 6.61 Å². The summed E-state index contributed by atoms with van der Waals surface area (Å²) in [6.07, 6.45) is 2.39. The summed E-state index contributed by atoms with van der Waals surface area (Å²) in [6, 6.07) is 9.51. The quantitative estimate of drug-likeness (QED) is 0.773. The third kappa shape index (κ3) is 4.88. The lowest BCUT2D eigenvalue weighted by Gasteiger charge is -2.13. The first-order valence-corrected chi connectivity index (χ1v) is 7.27. The Morgan fingerprint density at radius 3 is 2.81 bits per heavy atom. The van der Waals surface area contributed by atoms with E-state index in [4.69, 9.17) is 4.74 Å². The van der Waals surface area contributed by atoms with Crippen molar-refractivity contribution in [2.24, 2.45) is 7.05 Å². The van der Waals surface area contributed by atoms with Crippen molar-refractivity contribution in [1.29, 1.82) is 0 Å². The van der Waals surface area contributed by atoms with E-state index < -0.39 is 6.10 Å². The molecule has 0 amide bonds. The van der Waals surface area contributed by atoms with Gasteiger partial charge in [-0.05, 0) is 18.6 Å². The van der Waals surface area contributed by atoms with E-state index in [1.807, 2.05) is 48.3 Å². The summed E-state index contributed by atoms with van der Waals surface area (Å²) >= 11 is 0. The van der Waals surface area contributed by atoms with Crippen molar-refractivity contribution >= 4 is 0 Å². The van der Waals surface area contributed by atoms with Crippen LogP contribution in [-0.2, 0) is 20.0 Å². The average molecular weight is 289 g/mol. The Bertz CT molecular complexity index is 540. The third-order valence-corrected chi connectivity index (χ3v) is 3.21. The molecule has 21 heavy (non-hydrogen) atoms. The van der Waals surface area contributed by atoms with Crippen LogP contribution in [0.5, 0.6) is 5.75 Å². The smallest absolute Gasteiger partial charge is 0.119 e. The van der Waals surface area contributed by atoms with Gasteiger partial charge in [-0.25, -0.2) is 0 Å². The summed E-state index contributed by atoms with van der Waals surface area (Å²) < 4.78 is 7.34. The monoisotopic (exact) mass is 289 g/mol. The van der Waals surface area contributed by atoms with Gasteiger partial charge in [0.1, 0.15) is 18.5 Å². The fraction of sp³-hybridized carbons (Fsp3) is 0.438. The molecule has 5 nitrogen and oxygen atoms in total. The second kappa shape index (κ2) is 7.81. The van der Waals surface area contributed by atoms with Crippen LogP contribution >= 0.6 is 0 Å². The Balaban J connectivity index is 1.70.